The maximum absolute atomic E-state index is 12.3. The van der Waals surface area contributed by atoms with Crippen LogP contribution in [0.2, 0.25) is 0 Å². The summed E-state index contributed by atoms with van der Waals surface area (Å²) in [5.41, 5.74) is 3.34. The van der Waals surface area contributed by atoms with Crippen LogP contribution in [0.25, 0.3) is 10.2 Å². The molecule has 0 saturated carbocycles. The second-order valence-corrected chi connectivity index (χ2v) is 5.01. The van der Waals surface area contributed by atoms with E-state index in [1.807, 2.05) is 12.1 Å². The predicted octanol–water partition coefficient (Wildman–Crippen LogP) is 1.69. The van der Waals surface area contributed by atoms with Gasteiger partial charge >= 0.3 is 0 Å². The fourth-order valence-electron chi connectivity index (χ4n) is 1.81. The first kappa shape index (κ1) is 11.8. The Bertz CT molecular complexity index is 706. The van der Waals surface area contributed by atoms with Gasteiger partial charge in [-0.3, -0.25) is 9.89 Å². The van der Waals surface area contributed by atoms with Gasteiger partial charge in [0.05, 0.1) is 22.3 Å². The molecule has 0 fully saturated rings. The average molecular weight is 273 g/mol. The lowest BCUT2D eigenvalue weighted by atomic mass is 10.2. The number of thiazole rings is 1. The molecule has 7 heteroatoms. The summed E-state index contributed by atoms with van der Waals surface area (Å²) in [6.07, 6.45) is 1.43. The van der Waals surface area contributed by atoms with Crippen molar-refractivity contribution in [3.63, 3.8) is 0 Å². The number of hydrogen-bond acceptors (Lipinski definition) is 5. The van der Waals surface area contributed by atoms with E-state index in [9.17, 15) is 4.79 Å². The van der Waals surface area contributed by atoms with Crippen LogP contribution in [-0.2, 0) is 6.54 Å². The molecule has 0 aliphatic heterocycles. The SMILES string of the molecule is CN(Cc1ncn[nH]1)C(=O)c1ccc2ncsc2c1. The standard InChI is InChI=1S/C12H11N5OS/c1-17(5-11-13-6-15-16-11)12(18)8-2-3-9-10(4-8)19-7-14-9/h2-4,6-7H,5H2,1H3,(H,13,15,16). The zero-order valence-corrected chi connectivity index (χ0v) is 11.0. The highest BCUT2D eigenvalue weighted by Crippen LogP contribution is 2.20. The van der Waals surface area contributed by atoms with E-state index in [1.54, 1.807) is 23.5 Å². The number of amides is 1. The predicted molar refractivity (Wildman–Crippen MR) is 71.8 cm³/mol. The van der Waals surface area contributed by atoms with E-state index in [1.165, 1.54) is 17.7 Å². The Kier molecular flexibility index (Phi) is 2.96. The number of nitrogens with one attached hydrogen (secondary N) is 1. The molecule has 3 aromatic rings. The summed E-state index contributed by atoms with van der Waals surface area (Å²) in [7, 11) is 1.74. The Morgan fingerprint density at radius 3 is 3.11 bits per heavy atom. The third-order valence-electron chi connectivity index (χ3n) is 2.78. The molecule has 3 rings (SSSR count). The summed E-state index contributed by atoms with van der Waals surface area (Å²) >= 11 is 1.53. The molecule has 0 spiro atoms. The van der Waals surface area contributed by atoms with Crippen LogP contribution in [0.1, 0.15) is 16.2 Å². The van der Waals surface area contributed by atoms with Crippen molar-refractivity contribution in [3.8, 4) is 0 Å². The smallest absolute Gasteiger partial charge is 0.254 e. The third-order valence-corrected chi connectivity index (χ3v) is 3.57. The fourth-order valence-corrected chi connectivity index (χ4v) is 2.53. The Morgan fingerprint density at radius 1 is 1.42 bits per heavy atom. The van der Waals surface area contributed by atoms with Crippen LogP contribution in [-0.4, -0.2) is 38.0 Å². The van der Waals surface area contributed by atoms with Gasteiger partial charge in [0.15, 0.2) is 0 Å². The van der Waals surface area contributed by atoms with Gasteiger partial charge in [0.25, 0.3) is 5.91 Å². The topological polar surface area (TPSA) is 74.8 Å². The number of aromatic amines is 1. The van der Waals surface area contributed by atoms with Crippen LogP contribution in [0.15, 0.2) is 30.0 Å². The zero-order valence-electron chi connectivity index (χ0n) is 10.2. The van der Waals surface area contributed by atoms with Crippen molar-refractivity contribution in [1.82, 2.24) is 25.1 Å². The number of hydrogen-bond donors (Lipinski definition) is 1. The number of fused-ring (bicyclic) bond motifs is 1. The number of nitrogens with zero attached hydrogens (tertiary/aromatic N) is 4. The molecule has 96 valence electrons. The molecule has 0 radical (unpaired) electrons. The highest BCUT2D eigenvalue weighted by Gasteiger charge is 2.14. The molecular weight excluding hydrogens is 262 g/mol. The number of rotatable bonds is 3. The highest BCUT2D eigenvalue weighted by molar-refractivity contribution is 7.16. The maximum atomic E-state index is 12.3. The fraction of sp³-hybridized carbons (Fsp3) is 0.167. The van der Waals surface area contributed by atoms with Crippen LogP contribution in [0.5, 0.6) is 0 Å². The van der Waals surface area contributed by atoms with E-state index < -0.39 is 0 Å². The van der Waals surface area contributed by atoms with Crippen LogP contribution in [0.3, 0.4) is 0 Å². The number of carbonyl (C=O) groups excluding carboxylic acids is 1. The number of benzene rings is 1. The molecule has 19 heavy (non-hydrogen) atoms. The van der Waals surface area contributed by atoms with Gasteiger partial charge in [-0.25, -0.2) is 9.97 Å². The minimum absolute atomic E-state index is 0.0494. The Hall–Kier alpha value is -2.28. The first-order valence-electron chi connectivity index (χ1n) is 5.67. The summed E-state index contributed by atoms with van der Waals surface area (Å²) in [6, 6.07) is 5.52. The Balaban J connectivity index is 1.82. The van der Waals surface area contributed by atoms with Gasteiger partial charge in [0.1, 0.15) is 12.2 Å². The van der Waals surface area contributed by atoms with Gasteiger partial charge in [0, 0.05) is 12.6 Å². The van der Waals surface area contributed by atoms with Gasteiger partial charge in [-0.05, 0) is 18.2 Å². The quantitative estimate of drug-likeness (QED) is 0.788. The minimum atomic E-state index is -0.0494. The summed E-state index contributed by atoms with van der Waals surface area (Å²) in [5, 5.41) is 6.50. The van der Waals surface area contributed by atoms with Gasteiger partial charge in [-0.15, -0.1) is 11.3 Å². The number of carbonyl (C=O) groups is 1. The van der Waals surface area contributed by atoms with Gasteiger partial charge in [-0.2, -0.15) is 5.10 Å². The molecule has 0 unspecified atom stereocenters. The van der Waals surface area contributed by atoms with E-state index in [4.69, 9.17) is 0 Å². The highest BCUT2D eigenvalue weighted by atomic mass is 32.1. The van der Waals surface area contributed by atoms with E-state index in [-0.39, 0.29) is 5.91 Å². The maximum Gasteiger partial charge on any atom is 0.254 e. The molecule has 0 aliphatic carbocycles. The first-order valence-corrected chi connectivity index (χ1v) is 6.55. The molecule has 0 saturated heterocycles. The van der Waals surface area contributed by atoms with Gasteiger partial charge in [-0.1, -0.05) is 0 Å². The van der Waals surface area contributed by atoms with Crippen molar-refractivity contribution >= 4 is 27.5 Å². The van der Waals surface area contributed by atoms with Gasteiger partial charge < -0.3 is 4.90 Å². The van der Waals surface area contributed by atoms with Crippen molar-refractivity contribution in [1.29, 1.82) is 0 Å². The molecule has 1 N–H and O–H groups in total. The number of aromatic nitrogens is 4. The molecule has 0 bridgehead atoms. The van der Waals surface area contributed by atoms with Crippen LogP contribution >= 0.6 is 11.3 Å². The summed E-state index contributed by atoms with van der Waals surface area (Å²) < 4.78 is 1.01. The van der Waals surface area contributed by atoms with Crippen molar-refractivity contribution in [2.45, 2.75) is 6.54 Å². The largest absolute Gasteiger partial charge is 0.334 e. The van der Waals surface area contributed by atoms with E-state index in [0.29, 0.717) is 17.9 Å². The zero-order chi connectivity index (χ0) is 13.2. The molecule has 2 aromatic heterocycles. The molecule has 6 nitrogen and oxygen atoms in total. The summed E-state index contributed by atoms with van der Waals surface area (Å²) in [6.45, 7) is 0.402. The minimum Gasteiger partial charge on any atom is -0.334 e. The van der Waals surface area contributed by atoms with Crippen LogP contribution in [0.4, 0.5) is 0 Å². The molecule has 1 amide bonds. The van der Waals surface area contributed by atoms with E-state index in [0.717, 1.165) is 10.2 Å². The molecule has 1 aromatic carbocycles. The van der Waals surface area contributed by atoms with Gasteiger partial charge in [0.2, 0.25) is 0 Å². The third kappa shape index (κ3) is 2.32. The Labute approximate surface area is 113 Å². The average Bonchev–Trinajstić information content (AvgIpc) is 3.07. The lowest BCUT2D eigenvalue weighted by molar-refractivity contribution is 0.0782. The Morgan fingerprint density at radius 2 is 2.32 bits per heavy atom. The second kappa shape index (κ2) is 4.77. The summed E-state index contributed by atoms with van der Waals surface area (Å²) in [4.78, 5) is 22.1. The molecular formula is C12H11N5OS. The molecule has 0 atom stereocenters. The summed E-state index contributed by atoms with van der Waals surface area (Å²) in [5.74, 6) is 0.612. The van der Waals surface area contributed by atoms with Crippen LogP contribution < -0.4 is 0 Å². The van der Waals surface area contributed by atoms with Crippen molar-refractivity contribution < 1.29 is 4.79 Å². The van der Waals surface area contributed by atoms with E-state index in [2.05, 4.69) is 20.2 Å². The molecule has 0 aliphatic rings. The number of H-pyrrole nitrogens is 1. The normalized spacial score (nSPS) is 10.8. The van der Waals surface area contributed by atoms with E-state index >= 15 is 0 Å². The first-order chi connectivity index (χ1) is 9.24. The molecule has 2 heterocycles. The van der Waals surface area contributed by atoms with Crippen molar-refractivity contribution in [2.75, 3.05) is 7.05 Å². The van der Waals surface area contributed by atoms with Crippen molar-refractivity contribution in [2.24, 2.45) is 0 Å². The van der Waals surface area contributed by atoms with Crippen LogP contribution in [0, 0.1) is 0 Å². The lowest BCUT2D eigenvalue weighted by Crippen LogP contribution is -2.26. The monoisotopic (exact) mass is 273 g/mol. The van der Waals surface area contributed by atoms with Crippen molar-refractivity contribution in [3.05, 3.63) is 41.4 Å². The second-order valence-electron chi connectivity index (χ2n) is 4.13. The lowest BCUT2D eigenvalue weighted by Gasteiger charge is -2.15.